The van der Waals surface area contributed by atoms with Crippen LogP contribution in [0.25, 0.3) is 0 Å². The highest BCUT2D eigenvalue weighted by molar-refractivity contribution is 7.89. The molecule has 146 valence electrons. The van der Waals surface area contributed by atoms with Crippen molar-refractivity contribution in [2.24, 2.45) is 0 Å². The number of benzene rings is 1. The van der Waals surface area contributed by atoms with Gasteiger partial charge in [-0.05, 0) is 44.2 Å². The zero-order valence-electron chi connectivity index (χ0n) is 16.1. The van der Waals surface area contributed by atoms with Gasteiger partial charge in [0, 0.05) is 37.8 Å². The molecule has 1 aliphatic carbocycles. The lowest BCUT2D eigenvalue weighted by molar-refractivity contribution is 0.0947. The van der Waals surface area contributed by atoms with Crippen LogP contribution in [0.2, 0.25) is 0 Å². The van der Waals surface area contributed by atoms with E-state index in [1.807, 2.05) is 13.8 Å². The lowest BCUT2D eigenvalue weighted by atomic mass is 10.2. The van der Waals surface area contributed by atoms with Gasteiger partial charge in [0.25, 0.3) is 5.91 Å². The fourth-order valence-corrected chi connectivity index (χ4v) is 4.92. The first-order chi connectivity index (χ1) is 12.4. The van der Waals surface area contributed by atoms with Crippen LogP contribution in [0.15, 0.2) is 29.2 Å². The lowest BCUT2D eigenvalue weighted by Crippen LogP contribution is -2.37. The van der Waals surface area contributed by atoms with Crippen molar-refractivity contribution in [3.8, 4) is 0 Å². The molecule has 7 heteroatoms. The van der Waals surface area contributed by atoms with Gasteiger partial charge in [-0.1, -0.05) is 26.7 Å². The number of nitrogens with one attached hydrogen (secondary N) is 1. The predicted octanol–water partition coefficient (Wildman–Crippen LogP) is 2.32. The van der Waals surface area contributed by atoms with Crippen LogP contribution in [-0.4, -0.2) is 62.8 Å². The number of carbonyl (C=O) groups excluding carboxylic acids is 1. The number of sulfonamides is 1. The van der Waals surface area contributed by atoms with Crippen LogP contribution in [0.4, 0.5) is 0 Å². The first kappa shape index (κ1) is 20.9. The van der Waals surface area contributed by atoms with Crippen LogP contribution in [-0.2, 0) is 10.0 Å². The average Bonchev–Trinajstić information content (AvgIpc) is 3.17. The Balaban J connectivity index is 1.90. The van der Waals surface area contributed by atoms with Crippen molar-refractivity contribution in [1.29, 1.82) is 0 Å². The lowest BCUT2D eigenvalue weighted by Gasteiger charge is -2.23. The SMILES string of the molecule is CCN(CC)S(=O)(=O)c1ccc(C(=O)NCCN(C)C2CCCC2)cc1. The van der Waals surface area contributed by atoms with Gasteiger partial charge in [0.05, 0.1) is 4.90 Å². The largest absolute Gasteiger partial charge is 0.351 e. The summed E-state index contributed by atoms with van der Waals surface area (Å²) >= 11 is 0. The third kappa shape index (κ3) is 5.05. The summed E-state index contributed by atoms with van der Waals surface area (Å²) in [6.07, 6.45) is 5.08. The molecule has 1 saturated carbocycles. The second kappa shape index (κ2) is 9.48. The van der Waals surface area contributed by atoms with E-state index >= 15 is 0 Å². The first-order valence-electron chi connectivity index (χ1n) is 9.48. The van der Waals surface area contributed by atoms with Crippen LogP contribution in [0.5, 0.6) is 0 Å². The molecule has 0 heterocycles. The molecule has 0 aromatic heterocycles. The molecule has 0 unspecified atom stereocenters. The molecular weight excluding hydrogens is 350 g/mol. The van der Waals surface area contributed by atoms with E-state index in [0.717, 1.165) is 6.54 Å². The maximum absolute atomic E-state index is 12.5. The normalized spacial score (nSPS) is 15.7. The Morgan fingerprint density at radius 1 is 1.12 bits per heavy atom. The van der Waals surface area contributed by atoms with Crippen LogP contribution in [0, 0.1) is 0 Å². The topological polar surface area (TPSA) is 69.7 Å². The summed E-state index contributed by atoms with van der Waals surface area (Å²) in [7, 11) is -1.38. The number of rotatable bonds is 9. The van der Waals surface area contributed by atoms with Gasteiger partial charge < -0.3 is 10.2 Å². The molecule has 1 fully saturated rings. The van der Waals surface area contributed by atoms with Crippen LogP contribution < -0.4 is 5.32 Å². The van der Waals surface area contributed by atoms with E-state index in [2.05, 4.69) is 17.3 Å². The molecule has 1 aromatic rings. The van der Waals surface area contributed by atoms with Gasteiger partial charge in [-0.25, -0.2) is 8.42 Å². The summed E-state index contributed by atoms with van der Waals surface area (Å²) in [6, 6.07) is 6.80. The van der Waals surface area contributed by atoms with Crippen molar-refractivity contribution in [1.82, 2.24) is 14.5 Å². The molecule has 1 N–H and O–H groups in total. The number of nitrogens with zero attached hydrogens (tertiary/aromatic N) is 2. The van der Waals surface area contributed by atoms with Crippen molar-refractivity contribution in [3.05, 3.63) is 29.8 Å². The Kier molecular flexibility index (Phi) is 7.61. The van der Waals surface area contributed by atoms with Gasteiger partial charge in [-0.3, -0.25) is 4.79 Å². The van der Waals surface area contributed by atoms with Gasteiger partial charge in [0.2, 0.25) is 10.0 Å². The monoisotopic (exact) mass is 381 g/mol. The summed E-state index contributed by atoms with van der Waals surface area (Å²) in [5, 5.41) is 2.92. The Labute approximate surface area is 157 Å². The van der Waals surface area contributed by atoms with E-state index in [1.165, 1.54) is 42.1 Å². The van der Waals surface area contributed by atoms with Gasteiger partial charge in [0.1, 0.15) is 0 Å². The molecule has 26 heavy (non-hydrogen) atoms. The van der Waals surface area contributed by atoms with Crippen LogP contribution in [0.1, 0.15) is 49.9 Å². The molecular formula is C19H31N3O3S. The first-order valence-corrected chi connectivity index (χ1v) is 10.9. The maximum Gasteiger partial charge on any atom is 0.251 e. The summed E-state index contributed by atoms with van der Waals surface area (Å²) in [4.78, 5) is 14.8. The molecule has 1 aromatic carbocycles. The Morgan fingerprint density at radius 3 is 2.23 bits per heavy atom. The van der Waals surface area contributed by atoms with Crippen molar-refractivity contribution in [2.75, 3.05) is 33.2 Å². The Bertz CT molecular complexity index is 678. The van der Waals surface area contributed by atoms with Gasteiger partial charge in [-0.2, -0.15) is 4.31 Å². The molecule has 0 aliphatic heterocycles. The van der Waals surface area contributed by atoms with Crippen molar-refractivity contribution in [2.45, 2.75) is 50.5 Å². The highest BCUT2D eigenvalue weighted by Gasteiger charge is 2.22. The van der Waals surface area contributed by atoms with Crippen molar-refractivity contribution >= 4 is 15.9 Å². The van der Waals surface area contributed by atoms with Crippen LogP contribution >= 0.6 is 0 Å². The van der Waals surface area contributed by atoms with Crippen LogP contribution in [0.3, 0.4) is 0 Å². The standard InChI is InChI=1S/C19H31N3O3S/c1-4-22(5-2)26(24,25)18-12-10-16(11-13-18)19(23)20-14-15-21(3)17-8-6-7-9-17/h10-13,17H,4-9,14-15H2,1-3H3,(H,20,23). The van der Waals surface area contributed by atoms with E-state index in [9.17, 15) is 13.2 Å². The van der Waals surface area contributed by atoms with Crippen molar-refractivity contribution < 1.29 is 13.2 Å². The van der Waals surface area contributed by atoms with Gasteiger partial charge in [0.15, 0.2) is 0 Å². The zero-order valence-corrected chi connectivity index (χ0v) is 16.9. The molecule has 1 aliphatic rings. The van der Waals surface area contributed by atoms with E-state index in [-0.39, 0.29) is 10.8 Å². The van der Waals surface area contributed by atoms with E-state index in [0.29, 0.717) is 31.2 Å². The number of carbonyl (C=O) groups is 1. The number of hydrogen-bond acceptors (Lipinski definition) is 4. The highest BCUT2D eigenvalue weighted by Crippen LogP contribution is 2.21. The number of amides is 1. The molecule has 1 amide bonds. The Morgan fingerprint density at radius 2 is 1.69 bits per heavy atom. The average molecular weight is 382 g/mol. The fraction of sp³-hybridized carbons (Fsp3) is 0.632. The molecule has 0 bridgehead atoms. The third-order valence-electron chi connectivity index (χ3n) is 5.16. The number of hydrogen-bond donors (Lipinski definition) is 1. The summed E-state index contributed by atoms with van der Waals surface area (Å²) in [5.41, 5.74) is 0.479. The molecule has 6 nitrogen and oxygen atoms in total. The Hall–Kier alpha value is -1.44. The minimum Gasteiger partial charge on any atom is -0.351 e. The third-order valence-corrected chi connectivity index (χ3v) is 7.22. The van der Waals surface area contributed by atoms with Gasteiger partial charge in [-0.15, -0.1) is 0 Å². The minimum absolute atomic E-state index is 0.170. The number of likely N-dealkylation sites (N-methyl/N-ethyl adjacent to an activating group) is 1. The zero-order chi connectivity index (χ0) is 19.2. The fourth-order valence-electron chi connectivity index (χ4n) is 3.47. The maximum atomic E-state index is 12.5. The molecule has 0 atom stereocenters. The second-order valence-electron chi connectivity index (χ2n) is 6.79. The smallest absolute Gasteiger partial charge is 0.251 e. The van der Waals surface area contributed by atoms with E-state index in [4.69, 9.17) is 0 Å². The molecule has 0 radical (unpaired) electrons. The second-order valence-corrected chi connectivity index (χ2v) is 8.73. The summed E-state index contributed by atoms with van der Waals surface area (Å²) < 4.78 is 26.3. The quantitative estimate of drug-likeness (QED) is 0.713. The molecule has 0 saturated heterocycles. The highest BCUT2D eigenvalue weighted by atomic mass is 32.2. The molecule has 0 spiro atoms. The molecule has 2 rings (SSSR count). The van der Waals surface area contributed by atoms with E-state index in [1.54, 1.807) is 12.1 Å². The van der Waals surface area contributed by atoms with Crippen molar-refractivity contribution in [3.63, 3.8) is 0 Å². The van der Waals surface area contributed by atoms with E-state index < -0.39 is 10.0 Å². The predicted molar refractivity (Wildman–Crippen MR) is 104 cm³/mol. The van der Waals surface area contributed by atoms with Gasteiger partial charge >= 0.3 is 0 Å². The minimum atomic E-state index is -3.49. The summed E-state index contributed by atoms with van der Waals surface area (Å²) in [6.45, 7) is 5.89. The summed E-state index contributed by atoms with van der Waals surface area (Å²) in [5.74, 6) is -0.170.